The van der Waals surface area contributed by atoms with Crippen molar-refractivity contribution < 1.29 is 14.6 Å². The first-order valence-electron chi connectivity index (χ1n) is 7.55. The molecule has 1 saturated carbocycles. The Bertz CT molecular complexity index is 471. The first-order valence-corrected chi connectivity index (χ1v) is 7.55. The molecule has 0 aromatic heterocycles. The van der Waals surface area contributed by atoms with Crippen LogP contribution in [0.2, 0.25) is 0 Å². The molecule has 4 heteroatoms. The summed E-state index contributed by atoms with van der Waals surface area (Å²) in [5.74, 6) is 0.886. The van der Waals surface area contributed by atoms with Gasteiger partial charge in [0.2, 0.25) is 0 Å². The van der Waals surface area contributed by atoms with Crippen LogP contribution in [0.25, 0.3) is 0 Å². The van der Waals surface area contributed by atoms with Gasteiger partial charge < -0.3 is 15.2 Å². The maximum atomic E-state index is 11.1. The molecule has 1 aromatic carbocycles. The van der Waals surface area contributed by atoms with E-state index in [9.17, 15) is 4.79 Å². The molecule has 1 aromatic rings. The van der Waals surface area contributed by atoms with Crippen molar-refractivity contribution >= 4 is 6.09 Å². The zero-order valence-electron chi connectivity index (χ0n) is 13.1. The van der Waals surface area contributed by atoms with E-state index in [1.807, 2.05) is 30.3 Å². The van der Waals surface area contributed by atoms with Gasteiger partial charge >= 0.3 is 6.09 Å². The van der Waals surface area contributed by atoms with Gasteiger partial charge in [0.1, 0.15) is 5.75 Å². The van der Waals surface area contributed by atoms with E-state index in [4.69, 9.17) is 9.84 Å². The van der Waals surface area contributed by atoms with Crippen molar-refractivity contribution in [1.29, 1.82) is 0 Å². The molecule has 21 heavy (non-hydrogen) atoms. The highest BCUT2D eigenvalue weighted by Crippen LogP contribution is 2.42. The summed E-state index contributed by atoms with van der Waals surface area (Å²) in [5.41, 5.74) is -0.474. The fourth-order valence-corrected chi connectivity index (χ4v) is 3.16. The number of carbonyl (C=O) groups is 1. The number of para-hydroxylation sites is 1. The van der Waals surface area contributed by atoms with Crippen LogP contribution < -0.4 is 10.1 Å². The number of benzene rings is 1. The molecule has 0 saturated heterocycles. The molecule has 0 aliphatic heterocycles. The molecule has 0 radical (unpaired) electrons. The average molecular weight is 291 g/mol. The second-order valence-corrected chi connectivity index (χ2v) is 6.89. The first kappa shape index (κ1) is 15.7. The fourth-order valence-electron chi connectivity index (χ4n) is 3.16. The second kappa shape index (κ2) is 5.96. The third-order valence-corrected chi connectivity index (χ3v) is 4.61. The van der Waals surface area contributed by atoms with E-state index in [1.165, 1.54) is 0 Å². The van der Waals surface area contributed by atoms with Crippen LogP contribution >= 0.6 is 0 Å². The van der Waals surface area contributed by atoms with E-state index in [0.29, 0.717) is 0 Å². The first-order chi connectivity index (χ1) is 9.82. The Hall–Kier alpha value is -1.71. The van der Waals surface area contributed by atoms with Gasteiger partial charge in [-0.2, -0.15) is 0 Å². The van der Waals surface area contributed by atoms with Crippen molar-refractivity contribution in [2.75, 3.05) is 0 Å². The lowest BCUT2D eigenvalue weighted by molar-refractivity contribution is 0.0387. The van der Waals surface area contributed by atoms with Crippen molar-refractivity contribution in [3.8, 4) is 5.75 Å². The number of nitrogens with one attached hydrogen (secondary N) is 1. The van der Waals surface area contributed by atoms with Crippen LogP contribution in [0.3, 0.4) is 0 Å². The highest BCUT2D eigenvalue weighted by molar-refractivity contribution is 5.65. The predicted molar refractivity (Wildman–Crippen MR) is 82.7 cm³/mol. The number of ether oxygens (including phenoxy) is 1. The largest absolute Gasteiger partial charge is 0.490 e. The Balaban J connectivity index is 2.01. The van der Waals surface area contributed by atoms with Crippen molar-refractivity contribution in [1.82, 2.24) is 5.32 Å². The molecule has 0 bridgehead atoms. The van der Waals surface area contributed by atoms with E-state index < -0.39 is 6.09 Å². The zero-order chi connectivity index (χ0) is 15.5. The van der Waals surface area contributed by atoms with Gasteiger partial charge in [-0.1, -0.05) is 39.0 Å². The van der Waals surface area contributed by atoms with Gasteiger partial charge in [-0.3, -0.25) is 0 Å². The lowest BCUT2D eigenvalue weighted by Gasteiger charge is -2.48. The monoisotopic (exact) mass is 291 g/mol. The van der Waals surface area contributed by atoms with Gasteiger partial charge in [0.05, 0.1) is 6.10 Å². The molecule has 2 N–H and O–H groups in total. The quantitative estimate of drug-likeness (QED) is 0.883. The highest BCUT2D eigenvalue weighted by Gasteiger charge is 2.46. The molecular formula is C17H25NO3. The predicted octanol–water partition coefficient (Wildman–Crippen LogP) is 4.06. The molecule has 0 atom stereocenters. The number of carboxylic acid groups (broad SMARTS) is 1. The summed E-state index contributed by atoms with van der Waals surface area (Å²) in [6.45, 7) is 6.30. The molecule has 116 valence electrons. The Morgan fingerprint density at radius 3 is 2.29 bits per heavy atom. The summed E-state index contributed by atoms with van der Waals surface area (Å²) in [4.78, 5) is 11.1. The minimum Gasteiger partial charge on any atom is -0.490 e. The van der Waals surface area contributed by atoms with E-state index in [2.05, 4.69) is 26.1 Å². The third kappa shape index (κ3) is 3.69. The molecule has 2 rings (SSSR count). The number of hydrogen-bond donors (Lipinski definition) is 2. The van der Waals surface area contributed by atoms with E-state index in [0.717, 1.165) is 31.4 Å². The van der Waals surface area contributed by atoms with Gasteiger partial charge in [0.25, 0.3) is 0 Å². The van der Waals surface area contributed by atoms with Crippen LogP contribution in [-0.2, 0) is 0 Å². The Labute approximate surface area is 126 Å². The van der Waals surface area contributed by atoms with E-state index in [1.54, 1.807) is 0 Å². The summed E-state index contributed by atoms with van der Waals surface area (Å²) < 4.78 is 5.99. The summed E-state index contributed by atoms with van der Waals surface area (Å²) in [6.07, 6.45) is 2.57. The van der Waals surface area contributed by atoms with Crippen LogP contribution in [0.5, 0.6) is 5.75 Å². The van der Waals surface area contributed by atoms with Crippen LogP contribution in [0, 0.1) is 5.41 Å². The molecule has 1 amide bonds. The highest BCUT2D eigenvalue weighted by atomic mass is 16.5. The van der Waals surface area contributed by atoms with Gasteiger partial charge in [-0.15, -0.1) is 0 Å². The molecule has 0 unspecified atom stereocenters. The molecule has 1 fully saturated rings. The van der Waals surface area contributed by atoms with E-state index in [-0.39, 0.29) is 17.1 Å². The SMILES string of the molecule is CC(C)(C)C1(NC(=O)O)CCC(Oc2ccccc2)CC1. The molecule has 1 aliphatic carbocycles. The fraction of sp³-hybridized carbons (Fsp3) is 0.588. The Morgan fingerprint density at radius 2 is 1.81 bits per heavy atom. The molecule has 4 nitrogen and oxygen atoms in total. The van der Waals surface area contributed by atoms with Crippen molar-refractivity contribution in [2.45, 2.75) is 58.1 Å². The summed E-state index contributed by atoms with van der Waals surface area (Å²) >= 11 is 0. The summed E-state index contributed by atoms with van der Waals surface area (Å²) in [5, 5.41) is 11.9. The minimum atomic E-state index is -0.938. The van der Waals surface area contributed by atoms with Crippen LogP contribution in [0.15, 0.2) is 30.3 Å². The van der Waals surface area contributed by atoms with Crippen molar-refractivity contribution in [2.24, 2.45) is 5.41 Å². The van der Waals surface area contributed by atoms with Crippen molar-refractivity contribution in [3.63, 3.8) is 0 Å². The normalized spacial score (nSPS) is 26.1. The Kier molecular flexibility index (Phi) is 4.45. The van der Waals surface area contributed by atoms with Crippen molar-refractivity contribution in [3.05, 3.63) is 30.3 Å². The number of hydrogen-bond acceptors (Lipinski definition) is 2. The van der Waals surface area contributed by atoms with Gasteiger partial charge in [-0.05, 0) is 43.2 Å². The minimum absolute atomic E-state index is 0.108. The van der Waals surface area contributed by atoms with Gasteiger partial charge in [0.15, 0.2) is 0 Å². The third-order valence-electron chi connectivity index (χ3n) is 4.61. The second-order valence-electron chi connectivity index (χ2n) is 6.89. The lowest BCUT2D eigenvalue weighted by atomic mass is 9.65. The lowest BCUT2D eigenvalue weighted by Crippen LogP contribution is -2.59. The molecule has 1 aliphatic rings. The number of rotatable bonds is 3. The molecule has 0 heterocycles. The molecular weight excluding hydrogens is 266 g/mol. The zero-order valence-corrected chi connectivity index (χ0v) is 13.1. The van der Waals surface area contributed by atoms with Crippen LogP contribution in [-0.4, -0.2) is 22.8 Å². The van der Waals surface area contributed by atoms with Gasteiger partial charge in [0, 0.05) is 5.54 Å². The number of amides is 1. The van der Waals surface area contributed by atoms with E-state index >= 15 is 0 Å². The van der Waals surface area contributed by atoms with Gasteiger partial charge in [-0.25, -0.2) is 4.79 Å². The molecule has 0 spiro atoms. The average Bonchev–Trinajstić information content (AvgIpc) is 2.40. The van der Waals surface area contributed by atoms with Crippen LogP contribution in [0.1, 0.15) is 46.5 Å². The topological polar surface area (TPSA) is 58.6 Å². The maximum Gasteiger partial charge on any atom is 0.405 e. The van der Waals surface area contributed by atoms with Crippen LogP contribution in [0.4, 0.5) is 4.79 Å². The standard InChI is InChI=1S/C17H25NO3/c1-16(2,3)17(18-15(19)20)11-9-14(10-12-17)21-13-7-5-4-6-8-13/h4-8,14,18H,9-12H2,1-3H3,(H,19,20). The smallest absolute Gasteiger partial charge is 0.405 e. The summed E-state index contributed by atoms with van der Waals surface area (Å²) in [7, 11) is 0. The Morgan fingerprint density at radius 1 is 1.24 bits per heavy atom. The summed E-state index contributed by atoms with van der Waals surface area (Å²) in [6, 6.07) is 9.81. The maximum absolute atomic E-state index is 11.1.